The van der Waals surface area contributed by atoms with Crippen LogP contribution < -0.4 is 10.6 Å². The summed E-state index contributed by atoms with van der Waals surface area (Å²) in [7, 11) is 0. The van der Waals surface area contributed by atoms with Crippen molar-refractivity contribution in [3.8, 4) is 0 Å². The van der Waals surface area contributed by atoms with E-state index in [2.05, 4.69) is 10.6 Å². The predicted molar refractivity (Wildman–Crippen MR) is 76.3 cm³/mol. The van der Waals surface area contributed by atoms with E-state index in [1.807, 2.05) is 0 Å². The van der Waals surface area contributed by atoms with Gasteiger partial charge in [-0.15, -0.1) is 0 Å². The molecular formula is C13H17N3O5. The third-order valence-electron chi connectivity index (χ3n) is 2.77. The molecule has 0 radical (unpaired) electrons. The number of urea groups is 1. The second kappa shape index (κ2) is 7.83. The van der Waals surface area contributed by atoms with Gasteiger partial charge in [0.05, 0.1) is 4.92 Å². The van der Waals surface area contributed by atoms with Crippen molar-refractivity contribution in [2.75, 3.05) is 11.9 Å². The number of rotatable bonds is 7. The van der Waals surface area contributed by atoms with Crippen LogP contribution in [0.25, 0.3) is 0 Å². The lowest BCUT2D eigenvalue weighted by Crippen LogP contribution is -2.29. The topological polar surface area (TPSA) is 122 Å². The van der Waals surface area contributed by atoms with E-state index in [1.54, 1.807) is 6.92 Å². The fourth-order valence-corrected chi connectivity index (χ4v) is 1.67. The molecule has 0 saturated carbocycles. The summed E-state index contributed by atoms with van der Waals surface area (Å²) in [6.45, 7) is 2.03. The van der Waals surface area contributed by atoms with Crippen molar-refractivity contribution in [1.82, 2.24) is 5.32 Å². The number of hydrogen-bond acceptors (Lipinski definition) is 4. The lowest BCUT2D eigenvalue weighted by Gasteiger charge is -2.09. The number of nitrogens with one attached hydrogen (secondary N) is 2. The van der Waals surface area contributed by atoms with Crippen LogP contribution in [0.4, 0.5) is 16.2 Å². The van der Waals surface area contributed by atoms with Crippen molar-refractivity contribution in [2.45, 2.75) is 26.2 Å². The minimum atomic E-state index is -0.860. The third-order valence-corrected chi connectivity index (χ3v) is 2.77. The highest BCUT2D eigenvalue weighted by molar-refractivity contribution is 5.90. The Kier molecular flexibility index (Phi) is 6.12. The largest absolute Gasteiger partial charge is 0.481 e. The number of unbranched alkanes of at least 4 members (excludes halogenated alkanes) is 1. The molecule has 0 fully saturated rings. The zero-order chi connectivity index (χ0) is 15.8. The number of nitro groups is 1. The first-order valence-corrected chi connectivity index (χ1v) is 6.42. The molecule has 114 valence electrons. The molecule has 0 aliphatic carbocycles. The van der Waals surface area contributed by atoms with Crippen molar-refractivity contribution in [3.63, 3.8) is 0 Å². The second-order valence-electron chi connectivity index (χ2n) is 4.49. The van der Waals surface area contributed by atoms with Crippen LogP contribution in [-0.4, -0.2) is 28.6 Å². The lowest BCUT2D eigenvalue weighted by molar-refractivity contribution is -0.384. The maximum atomic E-state index is 11.6. The minimum Gasteiger partial charge on any atom is -0.481 e. The van der Waals surface area contributed by atoms with Crippen LogP contribution in [0, 0.1) is 17.0 Å². The maximum absolute atomic E-state index is 11.6. The number of aryl methyl sites for hydroxylation is 1. The monoisotopic (exact) mass is 295 g/mol. The number of hydrogen-bond donors (Lipinski definition) is 3. The number of carbonyl (C=O) groups excluding carboxylic acids is 1. The summed E-state index contributed by atoms with van der Waals surface area (Å²) in [6, 6.07) is 3.73. The third kappa shape index (κ3) is 5.89. The highest BCUT2D eigenvalue weighted by atomic mass is 16.6. The van der Waals surface area contributed by atoms with E-state index in [4.69, 9.17) is 5.11 Å². The number of carbonyl (C=O) groups is 2. The summed E-state index contributed by atoms with van der Waals surface area (Å²) < 4.78 is 0. The minimum absolute atomic E-state index is 0.0351. The smallest absolute Gasteiger partial charge is 0.319 e. The Hall–Kier alpha value is -2.64. The molecule has 8 heteroatoms. The molecule has 0 aliphatic heterocycles. The van der Waals surface area contributed by atoms with Crippen LogP contribution in [-0.2, 0) is 4.79 Å². The van der Waals surface area contributed by atoms with Crippen molar-refractivity contribution in [3.05, 3.63) is 33.9 Å². The molecule has 8 nitrogen and oxygen atoms in total. The molecule has 0 spiro atoms. The average Bonchev–Trinajstić information content (AvgIpc) is 2.40. The van der Waals surface area contributed by atoms with Gasteiger partial charge in [-0.1, -0.05) is 0 Å². The zero-order valence-electron chi connectivity index (χ0n) is 11.6. The number of aliphatic carboxylic acids is 1. The van der Waals surface area contributed by atoms with Gasteiger partial charge in [0.15, 0.2) is 0 Å². The second-order valence-corrected chi connectivity index (χ2v) is 4.49. The van der Waals surface area contributed by atoms with Crippen LogP contribution >= 0.6 is 0 Å². The van der Waals surface area contributed by atoms with Crippen LogP contribution in [0.5, 0.6) is 0 Å². The first kappa shape index (κ1) is 16.4. The summed E-state index contributed by atoms with van der Waals surface area (Å²) in [5.41, 5.74) is 1.04. The van der Waals surface area contributed by atoms with Crippen molar-refractivity contribution in [2.24, 2.45) is 0 Å². The average molecular weight is 295 g/mol. The molecule has 1 aromatic rings. The van der Waals surface area contributed by atoms with Crippen molar-refractivity contribution < 1.29 is 19.6 Å². The van der Waals surface area contributed by atoms with Crippen LogP contribution in [0.2, 0.25) is 0 Å². The van der Waals surface area contributed by atoms with Gasteiger partial charge in [0.1, 0.15) is 0 Å². The summed E-state index contributed by atoms with van der Waals surface area (Å²) in [5, 5.41) is 24.2. The molecule has 1 aromatic carbocycles. The van der Waals surface area contributed by atoms with E-state index >= 15 is 0 Å². The molecule has 0 bridgehead atoms. The number of nitro benzene ring substituents is 1. The van der Waals surface area contributed by atoms with Crippen LogP contribution in [0.3, 0.4) is 0 Å². The summed E-state index contributed by atoms with van der Waals surface area (Å²) in [4.78, 5) is 32.0. The highest BCUT2D eigenvalue weighted by Crippen LogP contribution is 2.20. The number of carboxylic acids is 1. The number of nitrogens with zero attached hydrogens (tertiary/aromatic N) is 1. The molecule has 0 heterocycles. The fraction of sp³-hybridized carbons (Fsp3) is 0.385. The number of carboxylic acid groups (broad SMARTS) is 1. The van der Waals surface area contributed by atoms with Gasteiger partial charge in [0, 0.05) is 30.8 Å². The van der Waals surface area contributed by atoms with E-state index in [-0.39, 0.29) is 12.1 Å². The van der Waals surface area contributed by atoms with Crippen LogP contribution in [0.1, 0.15) is 24.8 Å². The van der Waals surface area contributed by atoms with Gasteiger partial charge in [-0.05, 0) is 31.4 Å². The number of anilines is 1. The molecule has 3 N–H and O–H groups in total. The fourth-order valence-electron chi connectivity index (χ4n) is 1.67. The van der Waals surface area contributed by atoms with Crippen molar-refractivity contribution >= 4 is 23.4 Å². The molecule has 0 atom stereocenters. The van der Waals surface area contributed by atoms with Gasteiger partial charge in [-0.3, -0.25) is 14.9 Å². The quantitative estimate of drug-likeness (QED) is 0.404. The Morgan fingerprint density at radius 1 is 1.33 bits per heavy atom. The van der Waals surface area contributed by atoms with Crippen molar-refractivity contribution in [1.29, 1.82) is 0 Å². The van der Waals surface area contributed by atoms with Gasteiger partial charge in [0.2, 0.25) is 0 Å². The Labute approximate surface area is 121 Å². The summed E-state index contributed by atoms with van der Waals surface area (Å²) in [6.07, 6.45) is 1.13. The molecule has 0 saturated heterocycles. The Morgan fingerprint density at radius 3 is 2.62 bits per heavy atom. The maximum Gasteiger partial charge on any atom is 0.319 e. The Morgan fingerprint density at radius 2 is 2.05 bits per heavy atom. The lowest BCUT2D eigenvalue weighted by atomic mass is 10.2. The molecular weight excluding hydrogens is 278 g/mol. The standard InChI is InChI=1S/C13H17N3O5/c1-9-8-10(16(20)21)5-6-11(9)15-13(19)14-7-3-2-4-12(17)18/h5-6,8H,2-4,7H2,1H3,(H,17,18)(H2,14,15,19). The molecule has 0 aliphatic rings. The summed E-state index contributed by atoms with van der Waals surface area (Å²) in [5.74, 6) is -0.860. The first-order valence-electron chi connectivity index (χ1n) is 6.42. The molecule has 2 amide bonds. The van der Waals surface area contributed by atoms with Gasteiger partial charge >= 0.3 is 12.0 Å². The highest BCUT2D eigenvalue weighted by Gasteiger charge is 2.09. The van der Waals surface area contributed by atoms with Crippen LogP contribution in [0.15, 0.2) is 18.2 Å². The number of non-ortho nitro benzene ring substituents is 1. The van der Waals surface area contributed by atoms with Gasteiger partial charge in [-0.25, -0.2) is 4.79 Å². The summed E-state index contributed by atoms with van der Waals surface area (Å²) >= 11 is 0. The van der Waals surface area contributed by atoms with E-state index in [0.29, 0.717) is 30.6 Å². The zero-order valence-corrected chi connectivity index (χ0v) is 11.6. The Balaban J connectivity index is 2.41. The van der Waals surface area contributed by atoms with Gasteiger partial charge in [-0.2, -0.15) is 0 Å². The molecule has 0 aromatic heterocycles. The normalized spacial score (nSPS) is 9.95. The van der Waals surface area contributed by atoms with E-state index < -0.39 is 16.9 Å². The first-order chi connectivity index (χ1) is 9.90. The molecule has 1 rings (SSSR count). The SMILES string of the molecule is Cc1cc([N+](=O)[O-])ccc1NC(=O)NCCCCC(=O)O. The van der Waals surface area contributed by atoms with E-state index in [9.17, 15) is 19.7 Å². The van der Waals surface area contributed by atoms with E-state index in [1.165, 1.54) is 18.2 Å². The molecule has 0 unspecified atom stereocenters. The Bertz CT molecular complexity index is 545. The molecule has 21 heavy (non-hydrogen) atoms. The van der Waals surface area contributed by atoms with E-state index in [0.717, 1.165) is 0 Å². The number of amides is 2. The predicted octanol–water partition coefficient (Wildman–Crippen LogP) is 2.28. The van der Waals surface area contributed by atoms with Gasteiger partial charge in [0.25, 0.3) is 5.69 Å². The number of benzene rings is 1. The van der Waals surface area contributed by atoms with Gasteiger partial charge < -0.3 is 15.7 Å².